The minimum Gasteiger partial charge on any atom is -0.467 e. The second-order valence-electron chi connectivity index (χ2n) is 7.20. The summed E-state index contributed by atoms with van der Waals surface area (Å²) in [4.78, 5) is 29.0. The van der Waals surface area contributed by atoms with E-state index in [-0.39, 0.29) is 17.8 Å². The molecule has 2 rings (SSSR count). The summed E-state index contributed by atoms with van der Waals surface area (Å²) in [7, 11) is 1.37. The van der Waals surface area contributed by atoms with Crippen LogP contribution in [0.4, 0.5) is 0 Å². The Bertz CT molecular complexity index is 416. The Kier molecular flexibility index (Phi) is 7.49. The smallest absolute Gasteiger partial charge is 0.328 e. The van der Waals surface area contributed by atoms with Crippen molar-refractivity contribution in [2.24, 2.45) is 5.92 Å². The SMILES string of the molecule is CCC(C)C(NC(=O)CN1CCN(C2CCCC2)CC1)C(=O)OC. The first-order valence-electron chi connectivity index (χ1n) is 9.38. The number of nitrogens with one attached hydrogen (secondary N) is 1. The molecule has 2 fully saturated rings. The molecule has 138 valence electrons. The van der Waals surface area contributed by atoms with E-state index in [1.54, 1.807) is 0 Å². The first kappa shape index (κ1) is 19.2. The Morgan fingerprint density at radius 1 is 1.17 bits per heavy atom. The maximum Gasteiger partial charge on any atom is 0.328 e. The fourth-order valence-corrected chi connectivity index (χ4v) is 3.77. The fraction of sp³-hybridized carbons (Fsp3) is 0.889. The summed E-state index contributed by atoms with van der Waals surface area (Å²) in [5.41, 5.74) is 0. The van der Waals surface area contributed by atoms with Crippen molar-refractivity contribution < 1.29 is 14.3 Å². The Balaban J connectivity index is 1.76. The number of methoxy groups -OCH3 is 1. The number of rotatable bonds is 7. The molecule has 6 nitrogen and oxygen atoms in total. The lowest BCUT2D eigenvalue weighted by molar-refractivity contribution is -0.146. The predicted molar refractivity (Wildman–Crippen MR) is 93.7 cm³/mol. The van der Waals surface area contributed by atoms with Crippen LogP contribution in [0.25, 0.3) is 0 Å². The van der Waals surface area contributed by atoms with Crippen molar-refractivity contribution in [3.05, 3.63) is 0 Å². The van der Waals surface area contributed by atoms with Crippen LogP contribution >= 0.6 is 0 Å². The molecule has 2 atom stereocenters. The van der Waals surface area contributed by atoms with Crippen LogP contribution < -0.4 is 5.32 Å². The molecule has 0 aromatic heterocycles. The van der Waals surface area contributed by atoms with Gasteiger partial charge in [-0.15, -0.1) is 0 Å². The average molecular weight is 339 g/mol. The summed E-state index contributed by atoms with van der Waals surface area (Å²) in [6.45, 7) is 8.28. The third kappa shape index (κ3) is 5.18. The van der Waals surface area contributed by atoms with Crippen molar-refractivity contribution in [1.29, 1.82) is 0 Å². The first-order chi connectivity index (χ1) is 11.5. The number of esters is 1. The third-order valence-electron chi connectivity index (χ3n) is 5.60. The lowest BCUT2D eigenvalue weighted by Crippen LogP contribution is -2.54. The lowest BCUT2D eigenvalue weighted by Gasteiger charge is -2.37. The van der Waals surface area contributed by atoms with Crippen LogP contribution in [-0.4, -0.2) is 73.6 Å². The maximum atomic E-state index is 12.3. The highest BCUT2D eigenvalue weighted by Crippen LogP contribution is 2.24. The molecule has 0 aromatic rings. The zero-order valence-corrected chi connectivity index (χ0v) is 15.4. The van der Waals surface area contributed by atoms with Gasteiger partial charge in [-0.2, -0.15) is 0 Å². The third-order valence-corrected chi connectivity index (χ3v) is 5.60. The number of ether oxygens (including phenoxy) is 1. The molecule has 2 aliphatic rings. The average Bonchev–Trinajstić information content (AvgIpc) is 3.13. The zero-order chi connectivity index (χ0) is 17.5. The van der Waals surface area contributed by atoms with Gasteiger partial charge in [-0.3, -0.25) is 14.6 Å². The summed E-state index contributed by atoms with van der Waals surface area (Å²) >= 11 is 0. The molecule has 1 aliphatic carbocycles. The van der Waals surface area contributed by atoms with Crippen molar-refractivity contribution in [3.8, 4) is 0 Å². The first-order valence-corrected chi connectivity index (χ1v) is 9.38. The van der Waals surface area contributed by atoms with Crippen LogP contribution in [-0.2, 0) is 14.3 Å². The van der Waals surface area contributed by atoms with Gasteiger partial charge < -0.3 is 10.1 Å². The van der Waals surface area contributed by atoms with Gasteiger partial charge in [-0.05, 0) is 18.8 Å². The summed E-state index contributed by atoms with van der Waals surface area (Å²) < 4.78 is 4.82. The summed E-state index contributed by atoms with van der Waals surface area (Å²) in [5, 5.41) is 2.86. The Hall–Kier alpha value is -1.14. The van der Waals surface area contributed by atoms with Gasteiger partial charge in [0.05, 0.1) is 13.7 Å². The van der Waals surface area contributed by atoms with E-state index in [1.165, 1.54) is 32.8 Å². The van der Waals surface area contributed by atoms with E-state index in [1.807, 2.05) is 13.8 Å². The van der Waals surface area contributed by atoms with E-state index < -0.39 is 6.04 Å². The van der Waals surface area contributed by atoms with Gasteiger partial charge >= 0.3 is 5.97 Å². The lowest BCUT2D eigenvalue weighted by atomic mass is 9.99. The number of hydrogen-bond donors (Lipinski definition) is 1. The molecule has 0 spiro atoms. The van der Waals surface area contributed by atoms with E-state index in [9.17, 15) is 9.59 Å². The Morgan fingerprint density at radius 2 is 1.79 bits per heavy atom. The van der Waals surface area contributed by atoms with Crippen LogP contribution in [0.5, 0.6) is 0 Å². The molecule has 6 heteroatoms. The van der Waals surface area contributed by atoms with Crippen molar-refractivity contribution in [2.75, 3.05) is 39.8 Å². The molecule has 1 amide bonds. The van der Waals surface area contributed by atoms with Crippen molar-refractivity contribution in [1.82, 2.24) is 15.1 Å². The van der Waals surface area contributed by atoms with Crippen LogP contribution in [0.3, 0.4) is 0 Å². The highest BCUT2D eigenvalue weighted by molar-refractivity contribution is 5.85. The number of amides is 1. The van der Waals surface area contributed by atoms with E-state index in [4.69, 9.17) is 4.74 Å². The zero-order valence-electron chi connectivity index (χ0n) is 15.4. The summed E-state index contributed by atoms with van der Waals surface area (Å²) in [5.74, 6) is -0.371. The number of carbonyl (C=O) groups is 2. The molecule has 24 heavy (non-hydrogen) atoms. The molecule has 0 aromatic carbocycles. The topological polar surface area (TPSA) is 61.9 Å². The van der Waals surface area contributed by atoms with Crippen LogP contribution in [0.2, 0.25) is 0 Å². The molecule has 0 bridgehead atoms. The molecule has 1 N–H and O–H groups in total. The predicted octanol–water partition coefficient (Wildman–Crippen LogP) is 1.25. The van der Waals surface area contributed by atoms with E-state index in [0.717, 1.165) is 38.6 Å². The largest absolute Gasteiger partial charge is 0.467 e. The fourth-order valence-electron chi connectivity index (χ4n) is 3.77. The maximum absolute atomic E-state index is 12.3. The number of hydrogen-bond acceptors (Lipinski definition) is 5. The summed E-state index contributed by atoms with van der Waals surface area (Å²) in [6.07, 6.45) is 6.20. The molecule has 0 radical (unpaired) electrons. The standard InChI is InChI=1S/C18H33N3O3/c1-4-14(2)17(18(23)24-3)19-16(22)13-20-9-11-21(12-10-20)15-7-5-6-8-15/h14-15,17H,4-13H2,1-3H3,(H,19,22). The Labute approximate surface area is 145 Å². The quantitative estimate of drug-likeness (QED) is 0.708. The van der Waals surface area contributed by atoms with Gasteiger partial charge in [0, 0.05) is 32.2 Å². The second kappa shape index (κ2) is 9.37. The van der Waals surface area contributed by atoms with Crippen LogP contribution in [0.1, 0.15) is 46.0 Å². The van der Waals surface area contributed by atoms with Gasteiger partial charge in [-0.25, -0.2) is 4.79 Å². The molecule has 1 saturated carbocycles. The van der Waals surface area contributed by atoms with E-state index in [0.29, 0.717) is 6.54 Å². The molecular weight excluding hydrogens is 306 g/mol. The summed E-state index contributed by atoms with van der Waals surface area (Å²) in [6, 6.07) is 0.211. The highest BCUT2D eigenvalue weighted by Gasteiger charge is 2.29. The second-order valence-corrected chi connectivity index (χ2v) is 7.20. The van der Waals surface area contributed by atoms with Crippen molar-refractivity contribution in [2.45, 2.75) is 58.0 Å². The molecule has 1 aliphatic heterocycles. The van der Waals surface area contributed by atoms with Crippen molar-refractivity contribution >= 4 is 11.9 Å². The van der Waals surface area contributed by atoms with E-state index in [2.05, 4.69) is 15.1 Å². The normalized spacial score (nSPS) is 23.0. The Morgan fingerprint density at radius 3 is 2.33 bits per heavy atom. The van der Waals surface area contributed by atoms with Gasteiger partial charge in [-0.1, -0.05) is 33.1 Å². The van der Waals surface area contributed by atoms with E-state index >= 15 is 0 Å². The van der Waals surface area contributed by atoms with Crippen molar-refractivity contribution in [3.63, 3.8) is 0 Å². The minimum absolute atomic E-state index is 0.0700. The van der Waals surface area contributed by atoms with Crippen LogP contribution in [0, 0.1) is 5.92 Å². The van der Waals surface area contributed by atoms with Gasteiger partial charge in [0.2, 0.25) is 5.91 Å². The number of carbonyl (C=O) groups excluding carboxylic acids is 2. The number of piperazine rings is 1. The van der Waals surface area contributed by atoms with Crippen LogP contribution in [0.15, 0.2) is 0 Å². The molecule has 1 saturated heterocycles. The minimum atomic E-state index is -0.549. The molecule has 2 unspecified atom stereocenters. The molecule has 1 heterocycles. The number of nitrogens with zero attached hydrogens (tertiary/aromatic N) is 2. The monoisotopic (exact) mass is 339 g/mol. The van der Waals surface area contributed by atoms with Gasteiger partial charge in [0.1, 0.15) is 6.04 Å². The highest BCUT2D eigenvalue weighted by atomic mass is 16.5. The van der Waals surface area contributed by atoms with Gasteiger partial charge in [0.15, 0.2) is 0 Å². The molecular formula is C18H33N3O3. The van der Waals surface area contributed by atoms with Gasteiger partial charge in [0.25, 0.3) is 0 Å².